The van der Waals surface area contributed by atoms with Crippen LogP contribution >= 0.6 is 0 Å². The third kappa shape index (κ3) is 3.62. The number of methoxy groups -OCH3 is 1. The molecule has 1 heterocycles. The van der Waals surface area contributed by atoms with Crippen LogP contribution in [0, 0.1) is 0 Å². The molecule has 2 aromatic carbocycles. The third-order valence-corrected chi connectivity index (χ3v) is 4.40. The fourth-order valence-electron chi connectivity index (χ4n) is 3.10. The lowest BCUT2D eigenvalue weighted by molar-refractivity contribution is 0.0931. The summed E-state index contributed by atoms with van der Waals surface area (Å²) in [5.74, 6) is 0.831. The smallest absolute Gasteiger partial charge is 0.251 e. The van der Waals surface area contributed by atoms with Crippen LogP contribution in [0.15, 0.2) is 48.5 Å². The molecule has 0 radical (unpaired) electrons. The van der Waals surface area contributed by atoms with Gasteiger partial charge in [0.25, 0.3) is 5.91 Å². The molecular formula is C19H23N3O2. The van der Waals surface area contributed by atoms with Gasteiger partial charge in [-0.25, -0.2) is 0 Å². The summed E-state index contributed by atoms with van der Waals surface area (Å²) in [5, 5.41) is 3.11. The zero-order valence-electron chi connectivity index (χ0n) is 13.9. The number of hydrogen-bond donors (Lipinski definition) is 2. The second-order valence-corrected chi connectivity index (χ2v) is 6.03. The average molecular weight is 325 g/mol. The van der Waals surface area contributed by atoms with Gasteiger partial charge in [-0.1, -0.05) is 18.2 Å². The Bertz CT molecular complexity index is 709. The average Bonchev–Trinajstić information content (AvgIpc) is 2.62. The van der Waals surface area contributed by atoms with Crippen LogP contribution in [0.2, 0.25) is 0 Å². The summed E-state index contributed by atoms with van der Waals surface area (Å²) in [5.41, 5.74) is 8.07. The predicted octanol–water partition coefficient (Wildman–Crippen LogP) is 2.68. The molecule has 5 nitrogen and oxygen atoms in total. The van der Waals surface area contributed by atoms with Crippen LogP contribution in [0.1, 0.15) is 23.2 Å². The van der Waals surface area contributed by atoms with Gasteiger partial charge in [0, 0.05) is 30.4 Å². The Hall–Kier alpha value is -2.69. The van der Waals surface area contributed by atoms with Crippen molar-refractivity contribution in [2.75, 3.05) is 30.8 Å². The molecular weight excluding hydrogens is 302 g/mol. The lowest BCUT2D eigenvalue weighted by Crippen LogP contribution is -2.44. The Labute approximate surface area is 142 Å². The number of benzene rings is 2. The van der Waals surface area contributed by atoms with E-state index < -0.39 is 0 Å². The van der Waals surface area contributed by atoms with Gasteiger partial charge in [0.15, 0.2) is 0 Å². The van der Waals surface area contributed by atoms with Crippen molar-refractivity contribution in [3.8, 4) is 5.75 Å². The van der Waals surface area contributed by atoms with Gasteiger partial charge in [-0.05, 0) is 43.2 Å². The van der Waals surface area contributed by atoms with Gasteiger partial charge in [-0.3, -0.25) is 4.79 Å². The van der Waals surface area contributed by atoms with Crippen LogP contribution in [-0.2, 0) is 0 Å². The van der Waals surface area contributed by atoms with E-state index in [1.807, 2.05) is 18.2 Å². The minimum Gasteiger partial charge on any atom is -0.495 e. The molecule has 1 aliphatic heterocycles. The first-order valence-corrected chi connectivity index (χ1v) is 8.22. The number of anilines is 2. The standard InChI is InChI=1S/C19H23N3O2/c1-24-18-8-3-2-7-17(18)22-11-9-16(10-12-22)21-19(23)14-5-4-6-15(20)13-14/h2-8,13,16H,9-12,20H2,1H3,(H,21,23). The molecule has 3 N–H and O–H groups in total. The maximum absolute atomic E-state index is 12.3. The summed E-state index contributed by atoms with van der Waals surface area (Å²) >= 11 is 0. The molecule has 2 aromatic rings. The molecule has 0 aliphatic carbocycles. The number of ether oxygens (including phenoxy) is 1. The van der Waals surface area contributed by atoms with Gasteiger partial charge in [0.05, 0.1) is 12.8 Å². The van der Waals surface area contributed by atoms with E-state index in [2.05, 4.69) is 16.3 Å². The number of carbonyl (C=O) groups is 1. The maximum Gasteiger partial charge on any atom is 0.251 e. The summed E-state index contributed by atoms with van der Waals surface area (Å²) in [7, 11) is 1.69. The highest BCUT2D eigenvalue weighted by Crippen LogP contribution is 2.29. The minimum absolute atomic E-state index is 0.0574. The molecule has 24 heavy (non-hydrogen) atoms. The molecule has 3 rings (SSSR count). The maximum atomic E-state index is 12.3. The van der Waals surface area contributed by atoms with E-state index in [-0.39, 0.29) is 11.9 Å². The summed E-state index contributed by atoms with van der Waals surface area (Å²) in [6.45, 7) is 1.78. The summed E-state index contributed by atoms with van der Waals surface area (Å²) in [6, 6.07) is 15.3. The van der Waals surface area contributed by atoms with Crippen molar-refractivity contribution in [2.45, 2.75) is 18.9 Å². The van der Waals surface area contributed by atoms with Crippen molar-refractivity contribution in [1.29, 1.82) is 0 Å². The lowest BCUT2D eigenvalue weighted by Gasteiger charge is -2.34. The second-order valence-electron chi connectivity index (χ2n) is 6.03. The molecule has 0 aromatic heterocycles. The quantitative estimate of drug-likeness (QED) is 0.848. The van der Waals surface area contributed by atoms with Crippen LogP contribution < -0.4 is 20.7 Å². The SMILES string of the molecule is COc1ccccc1N1CCC(NC(=O)c2cccc(N)c2)CC1. The first-order chi connectivity index (χ1) is 11.7. The predicted molar refractivity (Wildman–Crippen MR) is 96.5 cm³/mol. The molecule has 0 saturated carbocycles. The number of amides is 1. The van der Waals surface area contributed by atoms with Crippen molar-refractivity contribution in [2.24, 2.45) is 0 Å². The highest BCUT2D eigenvalue weighted by molar-refractivity contribution is 5.95. The molecule has 1 saturated heterocycles. The molecule has 0 unspecified atom stereocenters. The van der Waals surface area contributed by atoms with E-state index in [0.29, 0.717) is 11.3 Å². The minimum atomic E-state index is -0.0574. The Morgan fingerprint density at radius 3 is 2.62 bits per heavy atom. The Morgan fingerprint density at radius 1 is 1.17 bits per heavy atom. The van der Waals surface area contributed by atoms with Crippen molar-refractivity contribution in [1.82, 2.24) is 5.32 Å². The number of piperidine rings is 1. The molecule has 0 spiro atoms. The van der Waals surface area contributed by atoms with Crippen molar-refractivity contribution >= 4 is 17.3 Å². The number of nitrogens with two attached hydrogens (primary N) is 1. The number of carbonyl (C=O) groups excluding carboxylic acids is 1. The van der Waals surface area contributed by atoms with Gasteiger partial charge >= 0.3 is 0 Å². The number of nitrogen functional groups attached to an aromatic ring is 1. The zero-order chi connectivity index (χ0) is 16.9. The highest BCUT2D eigenvalue weighted by atomic mass is 16.5. The van der Waals surface area contributed by atoms with Crippen molar-refractivity contribution in [3.63, 3.8) is 0 Å². The van der Waals surface area contributed by atoms with E-state index >= 15 is 0 Å². The lowest BCUT2D eigenvalue weighted by atomic mass is 10.0. The van der Waals surface area contributed by atoms with E-state index in [1.165, 1.54) is 0 Å². The third-order valence-electron chi connectivity index (χ3n) is 4.40. The fraction of sp³-hybridized carbons (Fsp3) is 0.316. The first kappa shape index (κ1) is 16.2. The van der Waals surface area contributed by atoms with Gasteiger partial charge in [-0.2, -0.15) is 0 Å². The zero-order valence-corrected chi connectivity index (χ0v) is 13.9. The van der Waals surface area contributed by atoms with Gasteiger partial charge in [0.1, 0.15) is 5.75 Å². The summed E-state index contributed by atoms with van der Waals surface area (Å²) in [6.07, 6.45) is 1.82. The first-order valence-electron chi connectivity index (χ1n) is 8.22. The molecule has 1 fully saturated rings. The largest absolute Gasteiger partial charge is 0.495 e. The van der Waals surface area contributed by atoms with Gasteiger partial charge in [0.2, 0.25) is 0 Å². The van der Waals surface area contributed by atoms with Crippen molar-refractivity contribution in [3.05, 3.63) is 54.1 Å². The van der Waals surface area contributed by atoms with Crippen molar-refractivity contribution < 1.29 is 9.53 Å². The van der Waals surface area contributed by atoms with Crippen LogP contribution in [0.4, 0.5) is 11.4 Å². The molecule has 1 aliphatic rings. The highest BCUT2D eigenvalue weighted by Gasteiger charge is 2.22. The second kappa shape index (κ2) is 7.25. The van der Waals surface area contributed by atoms with E-state index in [4.69, 9.17) is 10.5 Å². The Kier molecular flexibility index (Phi) is 4.89. The van der Waals surface area contributed by atoms with Gasteiger partial charge in [-0.15, -0.1) is 0 Å². The topological polar surface area (TPSA) is 67.6 Å². The monoisotopic (exact) mass is 325 g/mol. The number of rotatable bonds is 4. The van der Waals surface area contributed by atoms with E-state index in [0.717, 1.165) is 37.4 Å². The number of para-hydroxylation sites is 2. The van der Waals surface area contributed by atoms with Gasteiger partial charge < -0.3 is 20.7 Å². The Balaban J connectivity index is 1.58. The molecule has 126 valence electrons. The molecule has 1 amide bonds. The summed E-state index contributed by atoms with van der Waals surface area (Å²) in [4.78, 5) is 14.6. The molecule has 0 atom stereocenters. The fourth-order valence-corrected chi connectivity index (χ4v) is 3.10. The van der Waals surface area contributed by atoms with E-state index in [1.54, 1.807) is 31.4 Å². The number of hydrogen-bond acceptors (Lipinski definition) is 4. The Morgan fingerprint density at radius 2 is 1.92 bits per heavy atom. The molecule has 0 bridgehead atoms. The van der Waals surface area contributed by atoms with Crippen LogP contribution in [0.25, 0.3) is 0 Å². The summed E-state index contributed by atoms with van der Waals surface area (Å²) < 4.78 is 5.44. The number of nitrogens with zero attached hydrogens (tertiary/aromatic N) is 1. The van der Waals surface area contributed by atoms with Crippen LogP contribution in [0.5, 0.6) is 5.75 Å². The van der Waals surface area contributed by atoms with Crippen LogP contribution in [0.3, 0.4) is 0 Å². The van der Waals surface area contributed by atoms with Crippen LogP contribution in [-0.4, -0.2) is 32.1 Å². The normalized spacial score (nSPS) is 15.1. The van der Waals surface area contributed by atoms with E-state index in [9.17, 15) is 4.79 Å². The number of nitrogens with one attached hydrogen (secondary N) is 1. The molecule has 5 heteroatoms.